The second-order valence-corrected chi connectivity index (χ2v) is 21.0. The number of rotatable bonds is 16. The fraction of sp³-hybridized carbons (Fsp3) is 0.0649. The quantitative estimate of drug-likeness (QED) is 0.0949. The van der Waals surface area contributed by atoms with Crippen molar-refractivity contribution in [3.05, 3.63) is 313 Å². The topological polar surface area (TPSA) is 49.9 Å². The zero-order valence-corrected chi connectivity index (χ0v) is 47.6. The summed E-state index contributed by atoms with van der Waals surface area (Å²) >= 11 is 0. The first-order chi connectivity index (χ1) is 42.0. The maximum absolute atomic E-state index is 6.19. The summed E-state index contributed by atoms with van der Waals surface area (Å²) in [6.45, 7) is 0. The summed E-state index contributed by atoms with van der Waals surface area (Å²) in [5.41, 5.74) is 19.7. The van der Waals surface area contributed by atoms with Crippen LogP contribution in [0.5, 0.6) is 23.0 Å². The molecule has 0 aromatic heterocycles. The van der Waals surface area contributed by atoms with Crippen LogP contribution in [0, 0.1) is 0 Å². The molecule has 0 bridgehead atoms. The first kappa shape index (κ1) is 52.1. The Bertz CT molecular complexity index is 3840. The largest absolute Gasteiger partial charge is 0.495 e. The van der Waals surface area contributed by atoms with Gasteiger partial charge in [0.2, 0.25) is 0 Å². The van der Waals surface area contributed by atoms with Gasteiger partial charge in [0.15, 0.2) is 0 Å². The van der Waals surface area contributed by atoms with Crippen LogP contribution in [0.1, 0.15) is 22.3 Å². The molecule has 0 radical (unpaired) electrons. The molecule has 412 valence electrons. The summed E-state index contributed by atoms with van der Waals surface area (Å²) in [5.74, 6) is 3.03. The molecule has 8 nitrogen and oxygen atoms in total. The lowest BCUT2D eigenvalue weighted by Gasteiger charge is -2.35. The van der Waals surface area contributed by atoms with E-state index in [4.69, 9.17) is 18.9 Å². The average Bonchev–Trinajstić information content (AvgIpc) is 1.85. The summed E-state index contributed by atoms with van der Waals surface area (Å²) in [6.07, 6.45) is 0. The molecule has 2 aliphatic rings. The fourth-order valence-corrected chi connectivity index (χ4v) is 13.0. The minimum absolute atomic E-state index is 0.757. The molecule has 0 saturated heterocycles. The highest BCUT2D eigenvalue weighted by Crippen LogP contribution is 2.66. The lowest BCUT2D eigenvalue weighted by molar-refractivity contribution is 0.416. The van der Waals surface area contributed by atoms with Crippen LogP contribution in [0.15, 0.2) is 291 Å². The second-order valence-electron chi connectivity index (χ2n) is 21.0. The van der Waals surface area contributed by atoms with E-state index in [0.29, 0.717) is 0 Å². The number of hydrogen-bond acceptors (Lipinski definition) is 8. The van der Waals surface area contributed by atoms with Crippen LogP contribution in [-0.4, -0.2) is 28.4 Å². The number of hydrogen-bond donors (Lipinski definition) is 0. The van der Waals surface area contributed by atoms with E-state index in [-0.39, 0.29) is 0 Å². The van der Waals surface area contributed by atoms with Gasteiger partial charge >= 0.3 is 0 Å². The van der Waals surface area contributed by atoms with Gasteiger partial charge in [-0.3, -0.25) is 0 Å². The fourth-order valence-electron chi connectivity index (χ4n) is 13.0. The standard InChI is InChI=1S/C77H60N4O4/c1-82-73-37-21-17-33-69(73)78(53-25-9-5-10-26-53)57-41-45-61-62-46-42-58(79(54-27-11-6-12-28-54)70-34-18-22-38-74(70)83-2)50-66(62)77(65(61)49-57)67-51-59(80(55-29-13-7-14-30-55)71-35-19-23-39-75(71)84-3)43-47-63(67)64-48-44-60(52-68(64)77)81(56-31-15-8-16-32-56)72-36-20-24-40-76(72)85-4/h5-52H,1-4H3. The number of para-hydroxylation sites is 12. The highest BCUT2D eigenvalue weighted by Gasteiger charge is 2.53. The van der Waals surface area contributed by atoms with Gasteiger partial charge in [-0.15, -0.1) is 0 Å². The average molecular weight is 1110 g/mol. The number of benzene rings is 12. The molecule has 8 heteroatoms. The Morgan fingerprint density at radius 2 is 0.412 bits per heavy atom. The summed E-state index contributed by atoms with van der Waals surface area (Å²) in [6, 6.07) is 104. The monoisotopic (exact) mass is 1100 g/mol. The van der Waals surface area contributed by atoms with Crippen molar-refractivity contribution in [1.82, 2.24) is 0 Å². The molecule has 0 saturated carbocycles. The third kappa shape index (κ3) is 8.77. The molecule has 0 fully saturated rings. The van der Waals surface area contributed by atoms with Crippen molar-refractivity contribution in [3.63, 3.8) is 0 Å². The van der Waals surface area contributed by atoms with E-state index < -0.39 is 5.41 Å². The van der Waals surface area contributed by atoms with E-state index >= 15 is 0 Å². The van der Waals surface area contributed by atoms with Gasteiger partial charge in [-0.1, -0.05) is 146 Å². The summed E-state index contributed by atoms with van der Waals surface area (Å²) in [7, 11) is 6.97. The molecule has 0 N–H and O–H groups in total. The third-order valence-corrected chi connectivity index (χ3v) is 16.6. The number of nitrogens with zero attached hydrogens (tertiary/aromatic N) is 4. The van der Waals surface area contributed by atoms with Gasteiger partial charge in [0.1, 0.15) is 23.0 Å². The van der Waals surface area contributed by atoms with Crippen LogP contribution >= 0.6 is 0 Å². The summed E-state index contributed by atoms with van der Waals surface area (Å²) in [4.78, 5) is 9.28. The van der Waals surface area contributed by atoms with Crippen molar-refractivity contribution >= 4 is 68.2 Å². The summed E-state index contributed by atoms with van der Waals surface area (Å²) in [5, 5.41) is 0. The predicted molar refractivity (Wildman–Crippen MR) is 348 cm³/mol. The second kappa shape index (κ2) is 22.1. The molecule has 14 rings (SSSR count). The van der Waals surface area contributed by atoms with Crippen LogP contribution < -0.4 is 38.5 Å². The van der Waals surface area contributed by atoms with Gasteiger partial charge < -0.3 is 38.5 Å². The number of methoxy groups -OCH3 is 4. The van der Waals surface area contributed by atoms with E-state index in [1.165, 1.54) is 0 Å². The Labute approximate surface area is 496 Å². The van der Waals surface area contributed by atoms with E-state index in [1.54, 1.807) is 28.4 Å². The maximum atomic E-state index is 6.19. The van der Waals surface area contributed by atoms with Crippen LogP contribution in [0.3, 0.4) is 0 Å². The predicted octanol–water partition coefficient (Wildman–Crippen LogP) is 19.9. The molecule has 0 aliphatic heterocycles. The molecule has 12 aromatic carbocycles. The van der Waals surface area contributed by atoms with Gasteiger partial charge in [-0.2, -0.15) is 0 Å². The number of fused-ring (bicyclic) bond motifs is 10. The summed E-state index contributed by atoms with van der Waals surface area (Å²) < 4.78 is 24.8. The normalized spacial score (nSPS) is 12.1. The molecule has 2 aliphatic carbocycles. The number of anilines is 12. The van der Waals surface area contributed by atoms with Gasteiger partial charge in [-0.05, 0) is 190 Å². The van der Waals surface area contributed by atoms with Crippen molar-refractivity contribution in [1.29, 1.82) is 0 Å². The van der Waals surface area contributed by atoms with E-state index in [0.717, 1.165) is 136 Å². The highest BCUT2D eigenvalue weighted by molar-refractivity contribution is 6.00. The van der Waals surface area contributed by atoms with E-state index in [2.05, 4.69) is 262 Å². The van der Waals surface area contributed by atoms with E-state index in [1.807, 2.05) is 48.5 Å². The van der Waals surface area contributed by atoms with Crippen LogP contribution in [0.4, 0.5) is 68.2 Å². The SMILES string of the molecule is COc1ccccc1N(c1ccccc1)c1ccc2c(c1)C1(c3cc(N(c4ccccc4)c4ccccc4OC)ccc3-2)c2cc(N(c3ccccc3)c3ccccc3OC)ccc2-c2ccc(N(c3ccccc3)c3ccccc3OC)cc21. The van der Waals surface area contributed by atoms with Crippen LogP contribution in [-0.2, 0) is 5.41 Å². The molecule has 0 amide bonds. The molecule has 0 unspecified atom stereocenters. The lowest BCUT2D eigenvalue weighted by atomic mass is 9.70. The van der Waals surface area contributed by atoms with E-state index in [9.17, 15) is 0 Å². The Balaban J connectivity index is 1.12. The molecular formula is C77H60N4O4. The Morgan fingerprint density at radius 3 is 0.624 bits per heavy atom. The zero-order chi connectivity index (χ0) is 57.4. The van der Waals surface area contributed by atoms with Gasteiger partial charge in [-0.25, -0.2) is 0 Å². The molecule has 12 aromatic rings. The first-order valence-electron chi connectivity index (χ1n) is 28.5. The molecular weight excluding hydrogens is 1040 g/mol. The van der Waals surface area contributed by atoms with Crippen LogP contribution in [0.2, 0.25) is 0 Å². The smallest absolute Gasteiger partial charge is 0.142 e. The molecule has 0 heterocycles. The molecule has 85 heavy (non-hydrogen) atoms. The van der Waals surface area contributed by atoms with Gasteiger partial charge in [0.05, 0.1) is 56.6 Å². The van der Waals surface area contributed by atoms with Crippen molar-refractivity contribution in [2.24, 2.45) is 0 Å². The first-order valence-corrected chi connectivity index (χ1v) is 28.5. The van der Waals surface area contributed by atoms with Crippen molar-refractivity contribution in [3.8, 4) is 45.3 Å². The highest BCUT2D eigenvalue weighted by atomic mass is 16.5. The third-order valence-electron chi connectivity index (χ3n) is 16.6. The van der Waals surface area contributed by atoms with Gasteiger partial charge in [0.25, 0.3) is 0 Å². The zero-order valence-electron chi connectivity index (χ0n) is 47.6. The minimum atomic E-state index is -0.966. The van der Waals surface area contributed by atoms with Crippen molar-refractivity contribution < 1.29 is 18.9 Å². The molecule has 1 spiro atoms. The Hall–Kier alpha value is -11.0. The van der Waals surface area contributed by atoms with Gasteiger partial charge in [0, 0.05) is 45.5 Å². The maximum Gasteiger partial charge on any atom is 0.142 e. The lowest BCUT2D eigenvalue weighted by Crippen LogP contribution is -2.27. The minimum Gasteiger partial charge on any atom is -0.495 e. The Kier molecular flexibility index (Phi) is 13.5. The van der Waals surface area contributed by atoms with Crippen molar-refractivity contribution in [2.75, 3.05) is 48.0 Å². The Morgan fingerprint density at radius 1 is 0.212 bits per heavy atom. The molecule has 0 atom stereocenters. The van der Waals surface area contributed by atoms with Crippen LogP contribution in [0.25, 0.3) is 22.3 Å². The van der Waals surface area contributed by atoms with Crippen molar-refractivity contribution in [2.45, 2.75) is 5.41 Å². The number of ether oxygens (including phenoxy) is 4.